The van der Waals surface area contributed by atoms with Crippen molar-refractivity contribution in [1.82, 2.24) is 0 Å². The highest BCUT2D eigenvalue weighted by Gasteiger charge is 2.07. The predicted molar refractivity (Wildman–Crippen MR) is 56.7 cm³/mol. The van der Waals surface area contributed by atoms with E-state index in [0.717, 1.165) is 12.8 Å². The van der Waals surface area contributed by atoms with Crippen molar-refractivity contribution in [2.75, 3.05) is 0 Å². The second kappa shape index (κ2) is 5.39. The number of hydrogen-bond donors (Lipinski definition) is 1. The molecule has 0 bridgehead atoms. The van der Waals surface area contributed by atoms with Crippen LogP contribution in [0.3, 0.4) is 0 Å². The molecule has 0 amide bonds. The summed E-state index contributed by atoms with van der Waals surface area (Å²) in [6.45, 7) is 8.72. The topological polar surface area (TPSA) is 20.2 Å². The third-order valence-electron chi connectivity index (χ3n) is 1.42. The highest BCUT2D eigenvalue weighted by Crippen LogP contribution is 2.01. The normalized spacial score (nSPS) is 13.4. The summed E-state index contributed by atoms with van der Waals surface area (Å²) in [5.41, 5.74) is 3.24. The molecule has 0 heterocycles. The average Bonchev–Trinajstić information content (AvgIpc) is 1.84. The van der Waals surface area contributed by atoms with E-state index in [4.69, 9.17) is 0 Å². The number of rotatable bonds is 3. The Hall–Kier alpha value is -0.263. The minimum Gasteiger partial charge on any atom is -0.392 e. The molecule has 0 rings (SSSR count). The fraction of sp³-hybridized carbons (Fsp3) is 0.800. The van der Waals surface area contributed by atoms with Crippen molar-refractivity contribution in [2.24, 2.45) is 0 Å². The summed E-state index contributed by atoms with van der Waals surface area (Å²) in [4.78, 5) is 0. The van der Waals surface area contributed by atoms with E-state index in [2.05, 4.69) is 38.0 Å². The average molecular weight is 184 g/mol. The lowest BCUT2D eigenvalue weighted by atomic mass is 10.1. The van der Waals surface area contributed by atoms with Gasteiger partial charge in [0.1, 0.15) is 8.07 Å². The molecule has 0 aliphatic rings. The fourth-order valence-corrected chi connectivity index (χ4v) is 1.50. The predicted octanol–water partition coefficient (Wildman–Crippen LogP) is 2.42. The van der Waals surface area contributed by atoms with Crippen molar-refractivity contribution >= 4 is 8.07 Å². The molecule has 0 unspecified atom stereocenters. The Labute approximate surface area is 77.2 Å². The van der Waals surface area contributed by atoms with Gasteiger partial charge in [-0.3, -0.25) is 0 Å². The second-order valence-corrected chi connectivity index (χ2v) is 8.95. The number of aliphatic hydroxyl groups excluding tert-OH is 1. The molecule has 0 aromatic heterocycles. The summed E-state index contributed by atoms with van der Waals surface area (Å²) >= 11 is 0. The van der Waals surface area contributed by atoms with Gasteiger partial charge < -0.3 is 5.11 Å². The van der Waals surface area contributed by atoms with Crippen LogP contribution in [0.15, 0.2) is 0 Å². The molecule has 1 atom stereocenters. The van der Waals surface area contributed by atoms with Crippen LogP contribution in [-0.2, 0) is 0 Å². The van der Waals surface area contributed by atoms with Gasteiger partial charge in [0, 0.05) is 6.42 Å². The maximum absolute atomic E-state index is 9.36. The van der Waals surface area contributed by atoms with Crippen LogP contribution in [0.1, 0.15) is 26.2 Å². The molecule has 0 fully saturated rings. The van der Waals surface area contributed by atoms with Crippen LogP contribution in [0.5, 0.6) is 0 Å². The zero-order valence-electron chi connectivity index (χ0n) is 8.65. The van der Waals surface area contributed by atoms with E-state index in [-0.39, 0.29) is 6.10 Å². The van der Waals surface area contributed by atoms with Crippen LogP contribution in [0, 0.1) is 11.5 Å². The van der Waals surface area contributed by atoms with E-state index in [1.54, 1.807) is 0 Å². The van der Waals surface area contributed by atoms with Crippen LogP contribution in [0.2, 0.25) is 19.6 Å². The van der Waals surface area contributed by atoms with Gasteiger partial charge in [-0.25, -0.2) is 0 Å². The minimum atomic E-state index is -1.22. The standard InChI is InChI=1S/C10H20OSi/c1-5-7-10(11)8-6-9-12(2,3)4/h10-11H,5,7-8H2,1-4H3/t10-/m1/s1. The van der Waals surface area contributed by atoms with E-state index < -0.39 is 8.07 Å². The lowest BCUT2D eigenvalue weighted by molar-refractivity contribution is 0.169. The monoisotopic (exact) mass is 184 g/mol. The van der Waals surface area contributed by atoms with Gasteiger partial charge in [0.25, 0.3) is 0 Å². The van der Waals surface area contributed by atoms with Crippen LogP contribution in [-0.4, -0.2) is 19.3 Å². The first kappa shape index (κ1) is 11.7. The molecule has 0 saturated heterocycles. The third-order valence-corrected chi connectivity index (χ3v) is 2.35. The Balaban J connectivity index is 3.71. The van der Waals surface area contributed by atoms with Crippen molar-refractivity contribution in [1.29, 1.82) is 0 Å². The molecule has 0 saturated carbocycles. The van der Waals surface area contributed by atoms with Crippen LogP contribution >= 0.6 is 0 Å². The summed E-state index contributed by atoms with van der Waals surface area (Å²) < 4.78 is 0. The molecule has 0 spiro atoms. The Morgan fingerprint density at radius 2 is 1.92 bits per heavy atom. The first-order valence-electron chi connectivity index (χ1n) is 4.64. The molecule has 0 aliphatic carbocycles. The minimum absolute atomic E-state index is 0.209. The smallest absolute Gasteiger partial charge is 0.129 e. The Kier molecular flexibility index (Phi) is 5.28. The van der Waals surface area contributed by atoms with Gasteiger partial charge in [-0.15, -0.1) is 11.5 Å². The molecule has 70 valence electrons. The Morgan fingerprint density at radius 1 is 1.33 bits per heavy atom. The van der Waals surface area contributed by atoms with Crippen molar-refractivity contribution in [3.05, 3.63) is 0 Å². The van der Waals surface area contributed by atoms with Gasteiger partial charge in [0.15, 0.2) is 0 Å². The summed E-state index contributed by atoms with van der Waals surface area (Å²) in [6, 6.07) is 0. The van der Waals surface area contributed by atoms with Gasteiger partial charge in [-0.2, -0.15) is 0 Å². The molecular weight excluding hydrogens is 164 g/mol. The van der Waals surface area contributed by atoms with Gasteiger partial charge in [-0.05, 0) is 6.42 Å². The van der Waals surface area contributed by atoms with Crippen molar-refractivity contribution in [3.8, 4) is 11.5 Å². The Bertz CT molecular complexity index is 171. The number of hydrogen-bond acceptors (Lipinski definition) is 1. The van der Waals surface area contributed by atoms with Crippen LogP contribution < -0.4 is 0 Å². The summed E-state index contributed by atoms with van der Waals surface area (Å²) in [6.07, 6.45) is 2.35. The first-order valence-corrected chi connectivity index (χ1v) is 8.14. The maximum atomic E-state index is 9.36. The van der Waals surface area contributed by atoms with E-state index in [0.29, 0.717) is 6.42 Å². The van der Waals surface area contributed by atoms with E-state index in [1.807, 2.05) is 0 Å². The third kappa shape index (κ3) is 7.84. The molecule has 1 nitrogen and oxygen atoms in total. The van der Waals surface area contributed by atoms with Crippen molar-refractivity contribution in [3.63, 3.8) is 0 Å². The highest BCUT2D eigenvalue weighted by molar-refractivity contribution is 6.83. The lowest BCUT2D eigenvalue weighted by Gasteiger charge is -2.05. The molecule has 0 radical (unpaired) electrons. The first-order chi connectivity index (χ1) is 5.45. The maximum Gasteiger partial charge on any atom is 0.129 e. The second-order valence-electron chi connectivity index (χ2n) is 4.20. The molecular formula is C10H20OSi. The van der Waals surface area contributed by atoms with E-state index in [9.17, 15) is 5.11 Å². The quantitative estimate of drug-likeness (QED) is 0.527. The largest absolute Gasteiger partial charge is 0.392 e. The van der Waals surface area contributed by atoms with E-state index >= 15 is 0 Å². The molecule has 0 aliphatic heterocycles. The zero-order valence-corrected chi connectivity index (χ0v) is 9.65. The van der Waals surface area contributed by atoms with Gasteiger partial charge in [-0.1, -0.05) is 33.0 Å². The van der Waals surface area contributed by atoms with Crippen molar-refractivity contribution < 1.29 is 5.11 Å². The molecule has 0 aromatic carbocycles. The molecule has 12 heavy (non-hydrogen) atoms. The van der Waals surface area contributed by atoms with Gasteiger partial charge >= 0.3 is 0 Å². The summed E-state index contributed by atoms with van der Waals surface area (Å²) in [5.74, 6) is 3.07. The molecule has 2 heteroatoms. The van der Waals surface area contributed by atoms with E-state index in [1.165, 1.54) is 0 Å². The summed E-state index contributed by atoms with van der Waals surface area (Å²) in [5, 5.41) is 9.36. The fourth-order valence-electron chi connectivity index (χ4n) is 0.869. The highest BCUT2D eigenvalue weighted by atomic mass is 28.3. The Morgan fingerprint density at radius 3 is 2.33 bits per heavy atom. The van der Waals surface area contributed by atoms with Gasteiger partial charge in [0.05, 0.1) is 6.10 Å². The summed E-state index contributed by atoms with van der Waals surface area (Å²) in [7, 11) is -1.22. The van der Waals surface area contributed by atoms with Crippen molar-refractivity contribution in [2.45, 2.75) is 51.9 Å². The molecule has 0 aromatic rings. The van der Waals surface area contributed by atoms with Gasteiger partial charge in [0.2, 0.25) is 0 Å². The molecule has 1 N–H and O–H groups in total. The SMILES string of the molecule is CCC[C@@H](O)CC#C[Si](C)(C)C. The zero-order chi connectivity index (χ0) is 9.61. The van der Waals surface area contributed by atoms with Crippen LogP contribution in [0.4, 0.5) is 0 Å². The lowest BCUT2D eigenvalue weighted by Crippen LogP contribution is -2.16. The number of aliphatic hydroxyl groups is 1. The van der Waals surface area contributed by atoms with Crippen LogP contribution in [0.25, 0.3) is 0 Å².